The van der Waals surface area contributed by atoms with E-state index in [4.69, 9.17) is 4.74 Å². The van der Waals surface area contributed by atoms with Crippen LogP contribution in [0.1, 0.15) is 39.2 Å². The molecule has 0 spiro atoms. The lowest BCUT2D eigenvalue weighted by atomic mass is 10.0. The van der Waals surface area contributed by atoms with E-state index >= 15 is 0 Å². The number of ether oxygens (including phenoxy) is 1. The molecule has 0 bridgehead atoms. The van der Waals surface area contributed by atoms with Gasteiger partial charge in [-0.25, -0.2) is 4.79 Å². The van der Waals surface area contributed by atoms with E-state index in [1.165, 1.54) is 7.11 Å². The van der Waals surface area contributed by atoms with Gasteiger partial charge in [0.1, 0.15) is 0 Å². The van der Waals surface area contributed by atoms with Gasteiger partial charge in [0.25, 0.3) is 5.91 Å². The van der Waals surface area contributed by atoms with E-state index < -0.39 is 5.97 Å². The number of esters is 1. The van der Waals surface area contributed by atoms with Gasteiger partial charge in [0.15, 0.2) is 0 Å². The Bertz CT molecular complexity index is 637. The highest BCUT2D eigenvalue weighted by Crippen LogP contribution is 2.15. The van der Waals surface area contributed by atoms with Crippen molar-refractivity contribution in [2.75, 3.05) is 7.11 Å². The van der Waals surface area contributed by atoms with Crippen LogP contribution in [0.3, 0.4) is 0 Å². The zero-order valence-corrected chi connectivity index (χ0v) is 12.0. The molecule has 0 aliphatic heterocycles. The summed E-state index contributed by atoms with van der Waals surface area (Å²) in [7, 11) is 1.30. The van der Waals surface area contributed by atoms with Crippen LogP contribution in [-0.2, 0) is 4.74 Å². The quantitative estimate of drug-likeness (QED) is 0.878. The minimum absolute atomic E-state index is 0.149. The average Bonchev–Trinajstić information content (AvgIpc) is 2.54. The predicted octanol–water partition coefficient (Wildman–Crippen LogP) is 2.96. The summed E-state index contributed by atoms with van der Waals surface area (Å²) in [6, 6.07) is 16.1. The Kier molecular flexibility index (Phi) is 4.72. The summed E-state index contributed by atoms with van der Waals surface area (Å²) in [6.07, 6.45) is 0. The zero-order valence-electron chi connectivity index (χ0n) is 12.0. The van der Waals surface area contributed by atoms with Crippen molar-refractivity contribution >= 4 is 11.9 Å². The molecule has 1 N–H and O–H groups in total. The van der Waals surface area contributed by atoms with Crippen molar-refractivity contribution in [1.29, 1.82) is 0 Å². The summed E-state index contributed by atoms with van der Waals surface area (Å²) >= 11 is 0. The molecular formula is C17H17NO3. The molecule has 2 aromatic rings. The number of hydrogen-bond donors (Lipinski definition) is 1. The first-order chi connectivity index (χ1) is 10.1. The number of carbonyl (C=O) groups is 2. The second-order valence-electron chi connectivity index (χ2n) is 4.64. The van der Waals surface area contributed by atoms with Crippen molar-refractivity contribution in [3.05, 3.63) is 71.3 Å². The first-order valence-corrected chi connectivity index (χ1v) is 6.66. The maximum Gasteiger partial charge on any atom is 0.338 e. The number of carbonyl (C=O) groups excluding carboxylic acids is 2. The highest BCUT2D eigenvalue weighted by molar-refractivity contribution is 6.05. The summed E-state index contributed by atoms with van der Waals surface area (Å²) in [6.45, 7) is 1.90. The smallest absolute Gasteiger partial charge is 0.338 e. The Morgan fingerprint density at radius 3 is 2.14 bits per heavy atom. The fraction of sp³-hybridized carbons (Fsp3) is 0.176. The molecule has 0 saturated heterocycles. The van der Waals surface area contributed by atoms with Crippen molar-refractivity contribution in [3.63, 3.8) is 0 Å². The SMILES string of the molecule is COC(=O)c1ccccc1C(=O)N[C@H](C)c1ccccc1. The topological polar surface area (TPSA) is 55.4 Å². The van der Waals surface area contributed by atoms with Gasteiger partial charge in [-0.3, -0.25) is 4.79 Å². The van der Waals surface area contributed by atoms with Crippen LogP contribution in [0.4, 0.5) is 0 Å². The maximum atomic E-state index is 12.4. The molecule has 0 aliphatic rings. The number of methoxy groups -OCH3 is 1. The van der Waals surface area contributed by atoms with Crippen LogP contribution in [0.15, 0.2) is 54.6 Å². The predicted molar refractivity (Wildman–Crippen MR) is 80.1 cm³/mol. The fourth-order valence-corrected chi connectivity index (χ4v) is 2.07. The lowest BCUT2D eigenvalue weighted by Crippen LogP contribution is -2.28. The third-order valence-corrected chi connectivity index (χ3v) is 3.22. The van der Waals surface area contributed by atoms with E-state index in [-0.39, 0.29) is 17.5 Å². The van der Waals surface area contributed by atoms with E-state index in [1.54, 1.807) is 24.3 Å². The number of nitrogens with one attached hydrogen (secondary N) is 1. The monoisotopic (exact) mass is 283 g/mol. The zero-order chi connectivity index (χ0) is 15.2. The molecule has 0 unspecified atom stereocenters. The van der Waals surface area contributed by atoms with Crippen molar-refractivity contribution < 1.29 is 14.3 Å². The van der Waals surface area contributed by atoms with Crippen LogP contribution in [0.25, 0.3) is 0 Å². The van der Waals surface area contributed by atoms with Crippen molar-refractivity contribution in [2.24, 2.45) is 0 Å². The highest BCUT2D eigenvalue weighted by Gasteiger charge is 2.18. The Morgan fingerprint density at radius 1 is 0.952 bits per heavy atom. The van der Waals surface area contributed by atoms with Crippen LogP contribution >= 0.6 is 0 Å². The minimum atomic E-state index is -0.520. The summed E-state index contributed by atoms with van der Waals surface area (Å²) < 4.78 is 4.70. The maximum absolute atomic E-state index is 12.4. The molecule has 2 aromatic carbocycles. The van der Waals surface area contributed by atoms with Gasteiger partial charge in [-0.1, -0.05) is 42.5 Å². The van der Waals surface area contributed by atoms with Crippen LogP contribution in [0, 0.1) is 0 Å². The van der Waals surface area contributed by atoms with Gasteiger partial charge >= 0.3 is 5.97 Å². The molecule has 1 amide bonds. The van der Waals surface area contributed by atoms with Crippen molar-refractivity contribution in [2.45, 2.75) is 13.0 Å². The second-order valence-corrected chi connectivity index (χ2v) is 4.64. The van der Waals surface area contributed by atoms with E-state index in [9.17, 15) is 9.59 Å². The molecule has 1 atom stereocenters. The largest absolute Gasteiger partial charge is 0.465 e. The van der Waals surface area contributed by atoms with Crippen LogP contribution in [0.2, 0.25) is 0 Å². The molecule has 0 fully saturated rings. The van der Waals surface area contributed by atoms with Crippen molar-refractivity contribution in [1.82, 2.24) is 5.32 Å². The summed E-state index contributed by atoms with van der Waals surface area (Å²) in [5.74, 6) is -0.819. The molecule has 4 nitrogen and oxygen atoms in total. The van der Waals surface area contributed by atoms with E-state index in [0.29, 0.717) is 5.56 Å². The van der Waals surface area contributed by atoms with Gasteiger partial charge in [-0.15, -0.1) is 0 Å². The Morgan fingerprint density at radius 2 is 1.52 bits per heavy atom. The second kappa shape index (κ2) is 6.70. The summed E-state index contributed by atoms with van der Waals surface area (Å²) in [5.41, 5.74) is 1.58. The molecule has 0 radical (unpaired) electrons. The Hall–Kier alpha value is -2.62. The molecule has 4 heteroatoms. The van der Waals surface area contributed by atoms with Gasteiger partial charge < -0.3 is 10.1 Å². The molecule has 0 aliphatic carbocycles. The molecule has 2 rings (SSSR count). The molecule has 0 heterocycles. The average molecular weight is 283 g/mol. The lowest BCUT2D eigenvalue weighted by Gasteiger charge is -2.15. The van der Waals surface area contributed by atoms with Gasteiger partial charge in [0.2, 0.25) is 0 Å². The van der Waals surface area contributed by atoms with Crippen LogP contribution < -0.4 is 5.32 Å². The molecule has 108 valence electrons. The molecular weight excluding hydrogens is 266 g/mol. The lowest BCUT2D eigenvalue weighted by molar-refractivity contribution is 0.0596. The molecule has 0 aromatic heterocycles. The molecule has 0 saturated carbocycles. The van der Waals surface area contributed by atoms with Crippen LogP contribution in [0.5, 0.6) is 0 Å². The van der Waals surface area contributed by atoms with Gasteiger partial charge in [-0.2, -0.15) is 0 Å². The van der Waals surface area contributed by atoms with Crippen LogP contribution in [-0.4, -0.2) is 19.0 Å². The number of amides is 1. The van der Waals surface area contributed by atoms with E-state index in [1.807, 2.05) is 37.3 Å². The van der Waals surface area contributed by atoms with Gasteiger partial charge in [0, 0.05) is 0 Å². The van der Waals surface area contributed by atoms with Gasteiger partial charge in [0.05, 0.1) is 24.3 Å². The minimum Gasteiger partial charge on any atom is -0.465 e. The normalized spacial score (nSPS) is 11.5. The third-order valence-electron chi connectivity index (χ3n) is 3.22. The van der Waals surface area contributed by atoms with Gasteiger partial charge in [-0.05, 0) is 24.6 Å². The van der Waals surface area contributed by atoms with E-state index in [2.05, 4.69) is 5.32 Å². The Balaban J connectivity index is 2.20. The first kappa shape index (κ1) is 14.8. The third kappa shape index (κ3) is 3.48. The first-order valence-electron chi connectivity index (χ1n) is 6.66. The van der Waals surface area contributed by atoms with E-state index in [0.717, 1.165) is 5.56 Å². The molecule has 21 heavy (non-hydrogen) atoms. The fourth-order valence-electron chi connectivity index (χ4n) is 2.07. The number of benzene rings is 2. The summed E-state index contributed by atoms with van der Waals surface area (Å²) in [5, 5.41) is 2.89. The number of rotatable bonds is 4. The number of hydrogen-bond acceptors (Lipinski definition) is 3. The summed E-state index contributed by atoms with van der Waals surface area (Å²) in [4.78, 5) is 24.0. The Labute approximate surface area is 123 Å². The highest BCUT2D eigenvalue weighted by atomic mass is 16.5. The van der Waals surface area contributed by atoms with Crippen molar-refractivity contribution in [3.8, 4) is 0 Å². The standard InChI is InChI=1S/C17H17NO3/c1-12(13-8-4-3-5-9-13)18-16(19)14-10-6-7-11-15(14)17(20)21-2/h3-12H,1-2H3,(H,18,19)/t12-/m1/s1.